The Morgan fingerprint density at radius 1 is 1.25 bits per heavy atom. The highest BCUT2D eigenvalue weighted by Crippen LogP contribution is 2.58. The first-order chi connectivity index (χ1) is 14.7. The van der Waals surface area contributed by atoms with Gasteiger partial charge in [-0.25, -0.2) is 4.79 Å². The minimum absolute atomic E-state index is 0.0190. The number of ether oxygens (including phenoxy) is 1. The molecule has 0 spiro atoms. The van der Waals surface area contributed by atoms with E-state index in [2.05, 4.69) is 5.16 Å². The van der Waals surface area contributed by atoms with Crippen molar-refractivity contribution in [3.8, 4) is 0 Å². The first-order valence-corrected chi connectivity index (χ1v) is 11.3. The third kappa shape index (κ3) is 4.37. The van der Waals surface area contributed by atoms with Gasteiger partial charge in [0.2, 0.25) is 5.69 Å². The first-order valence-electron chi connectivity index (χ1n) is 9.68. The van der Waals surface area contributed by atoms with Crippen molar-refractivity contribution in [1.82, 2.24) is 5.16 Å². The number of ketones is 1. The fourth-order valence-corrected chi connectivity index (χ4v) is 3.70. The number of esters is 1. The fourth-order valence-electron chi connectivity index (χ4n) is 3.20. The fraction of sp³-hybridized carbons (Fsp3) is 0.450. The van der Waals surface area contributed by atoms with Crippen LogP contribution in [-0.4, -0.2) is 33.3 Å². The van der Waals surface area contributed by atoms with Crippen LogP contribution < -0.4 is 0 Å². The zero-order chi connectivity index (χ0) is 24.1. The molecule has 0 unspecified atom stereocenters. The van der Waals surface area contributed by atoms with Crippen LogP contribution in [-0.2, 0) is 20.6 Å². The number of carbonyl (C=O) groups is 2. The van der Waals surface area contributed by atoms with Gasteiger partial charge in [0.25, 0.3) is 0 Å². The monoisotopic (exact) mass is 475 g/mol. The Kier molecular flexibility index (Phi) is 6.14. The quantitative estimate of drug-likeness (QED) is 0.343. The van der Waals surface area contributed by atoms with E-state index in [4.69, 9.17) is 9.26 Å². The summed E-state index contributed by atoms with van der Waals surface area (Å²) in [6.07, 6.45) is -3.50. The first kappa shape index (κ1) is 24.2. The van der Waals surface area contributed by atoms with Crippen molar-refractivity contribution in [3.05, 3.63) is 51.9 Å². The van der Waals surface area contributed by atoms with E-state index < -0.39 is 53.1 Å². The molecule has 0 bridgehead atoms. The van der Waals surface area contributed by atoms with Crippen molar-refractivity contribution in [3.63, 3.8) is 0 Å². The summed E-state index contributed by atoms with van der Waals surface area (Å²) in [4.78, 5) is 45.4. The van der Waals surface area contributed by atoms with Gasteiger partial charge in [0.1, 0.15) is 5.56 Å². The summed E-state index contributed by atoms with van der Waals surface area (Å²) in [5.74, 6) is -1.98. The maximum atomic E-state index is 13.5. The molecule has 1 aliphatic carbocycles. The molecule has 2 N–H and O–H groups in total. The number of nitrogens with zero attached hydrogens (tertiary/aromatic N) is 1. The Hall–Kier alpha value is -2.49. The Bertz CT molecular complexity index is 1110. The Morgan fingerprint density at radius 3 is 2.38 bits per heavy atom. The SMILES string of the molecule is CCOC(=O)c1noc(C2CC2)c1C(=O)c1ccc(C(F)(F)F)cc1C(C)(C)P(=O)(O)O. The molecule has 3 rings (SSSR count). The van der Waals surface area contributed by atoms with Crippen LogP contribution in [0.4, 0.5) is 13.2 Å². The lowest BCUT2D eigenvalue weighted by atomic mass is 9.88. The van der Waals surface area contributed by atoms with Crippen LogP contribution in [0.15, 0.2) is 22.7 Å². The third-order valence-electron chi connectivity index (χ3n) is 5.34. The van der Waals surface area contributed by atoms with Crippen molar-refractivity contribution in [2.45, 2.75) is 50.9 Å². The van der Waals surface area contributed by atoms with E-state index in [1.165, 1.54) is 6.92 Å². The van der Waals surface area contributed by atoms with E-state index in [0.717, 1.165) is 19.9 Å². The molecule has 0 radical (unpaired) electrons. The molecule has 12 heteroatoms. The summed E-state index contributed by atoms with van der Waals surface area (Å²) in [7, 11) is -5.02. The molecule has 0 aliphatic heterocycles. The molecular formula is C20H21F3NO7P. The molecule has 32 heavy (non-hydrogen) atoms. The van der Waals surface area contributed by atoms with Gasteiger partial charge in [-0.1, -0.05) is 11.2 Å². The van der Waals surface area contributed by atoms with Gasteiger partial charge in [-0.2, -0.15) is 13.2 Å². The smallest absolute Gasteiger partial charge is 0.416 e. The van der Waals surface area contributed by atoms with Crippen molar-refractivity contribution in [2.24, 2.45) is 0 Å². The molecule has 0 atom stereocenters. The van der Waals surface area contributed by atoms with Crippen molar-refractivity contribution in [1.29, 1.82) is 0 Å². The van der Waals surface area contributed by atoms with E-state index >= 15 is 0 Å². The van der Waals surface area contributed by atoms with Crippen LogP contribution in [0.25, 0.3) is 0 Å². The van der Waals surface area contributed by atoms with Gasteiger partial charge < -0.3 is 19.0 Å². The van der Waals surface area contributed by atoms with Crippen LogP contribution >= 0.6 is 7.60 Å². The van der Waals surface area contributed by atoms with Gasteiger partial charge in [0.05, 0.1) is 17.3 Å². The van der Waals surface area contributed by atoms with Gasteiger partial charge in [-0.05, 0) is 51.3 Å². The maximum Gasteiger partial charge on any atom is 0.416 e. The minimum Gasteiger partial charge on any atom is -0.461 e. The summed E-state index contributed by atoms with van der Waals surface area (Å²) >= 11 is 0. The normalized spacial score (nSPS) is 15.0. The average molecular weight is 475 g/mol. The summed E-state index contributed by atoms with van der Waals surface area (Å²) in [6, 6.07) is 2.03. The molecule has 174 valence electrons. The maximum absolute atomic E-state index is 13.5. The van der Waals surface area contributed by atoms with Gasteiger partial charge in [0, 0.05) is 11.5 Å². The number of hydrogen-bond acceptors (Lipinski definition) is 6. The highest BCUT2D eigenvalue weighted by Gasteiger charge is 2.45. The topological polar surface area (TPSA) is 127 Å². The van der Waals surface area contributed by atoms with Gasteiger partial charge in [0.15, 0.2) is 11.5 Å². The number of hydrogen-bond donors (Lipinski definition) is 2. The molecule has 1 aliphatic rings. The Morgan fingerprint density at radius 2 is 1.88 bits per heavy atom. The number of halogens is 3. The summed E-state index contributed by atoms with van der Waals surface area (Å²) in [6.45, 7) is 3.61. The van der Waals surface area contributed by atoms with Crippen molar-refractivity contribution < 1.29 is 46.4 Å². The van der Waals surface area contributed by atoms with E-state index in [-0.39, 0.29) is 23.8 Å². The van der Waals surface area contributed by atoms with E-state index in [1.807, 2.05) is 0 Å². The van der Waals surface area contributed by atoms with Crippen molar-refractivity contribution in [2.75, 3.05) is 6.61 Å². The van der Waals surface area contributed by atoms with Gasteiger partial charge >= 0.3 is 19.7 Å². The summed E-state index contributed by atoms with van der Waals surface area (Å²) in [5.41, 5.74) is -2.79. The largest absolute Gasteiger partial charge is 0.461 e. The molecule has 1 aromatic carbocycles. The molecule has 1 aromatic heterocycles. The highest BCUT2D eigenvalue weighted by atomic mass is 31.2. The second-order valence-electron chi connectivity index (χ2n) is 7.96. The number of aromatic nitrogens is 1. The van der Waals surface area contributed by atoms with Crippen LogP contribution in [0, 0.1) is 0 Å². The molecule has 0 saturated heterocycles. The molecule has 1 saturated carbocycles. The standard InChI is InChI=1S/C20H21F3NO7P/c1-4-30-18(26)15-14(17(31-24-15)10-5-6-10)16(25)12-8-7-11(20(21,22)23)9-13(12)19(2,3)32(27,28)29/h7-10H,4-6H2,1-3H3,(H2,27,28,29). The summed E-state index contributed by atoms with van der Waals surface area (Å²) < 4.78 is 62.2. The van der Waals surface area contributed by atoms with Crippen LogP contribution in [0.5, 0.6) is 0 Å². The van der Waals surface area contributed by atoms with Crippen LogP contribution in [0.2, 0.25) is 0 Å². The van der Waals surface area contributed by atoms with Gasteiger partial charge in [-0.3, -0.25) is 9.36 Å². The Labute approximate surface area is 180 Å². The number of alkyl halides is 3. The zero-order valence-electron chi connectivity index (χ0n) is 17.4. The molecular weight excluding hydrogens is 454 g/mol. The third-order valence-corrected chi connectivity index (χ3v) is 7.04. The minimum atomic E-state index is -5.02. The van der Waals surface area contributed by atoms with Crippen LogP contribution in [0.3, 0.4) is 0 Å². The molecule has 8 nitrogen and oxygen atoms in total. The zero-order valence-corrected chi connectivity index (χ0v) is 18.3. The lowest BCUT2D eigenvalue weighted by Gasteiger charge is -2.29. The van der Waals surface area contributed by atoms with Crippen molar-refractivity contribution >= 4 is 19.3 Å². The Balaban J connectivity index is 2.25. The van der Waals surface area contributed by atoms with Gasteiger partial charge in [-0.15, -0.1) is 0 Å². The predicted molar refractivity (Wildman–Crippen MR) is 104 cm³/mol. The number of benzene rings is 1. The molecule has 2 aromatic rings. The summed E-state index contributed by atoms with van der Waals surface area (Å²) in [5, 5.41) is 1.50. The second kappa shape index (κ2) is 8.13. The lowest BCUT2D eigenvalue weighted by Crippen LogP contribution is -2.24. The number of rotatable bonds is 7. The second-order valence-corrected chi connectivity index (χ2v) is 10.2. The average Bonchev–Trinajstić information content (AvgIpc) is 3.43. The highest BCUT2D eigenvalue weighted by molar-refractivity contribution is 7.53. The predicted octanol–water partition coefficient (Wildman–Crippen LogP) is 4.39. The van der Waals surface area contributed by atoms with E-state index in [0.29, 0.717) is 25.0 Å². The van der Waals surface area contributed by atoms with E-state index in [1.54, 1.807) is 0 Å². The number of carbonyl (C=O) groups excluding carboxylic acids is 2. The molecule has 1 heterocycles. The lowest BCUT2D eigenvalue weighted by molar-refractivity contribution is -0.137. The van der Waals surface area contributed by atoms with E-state index in [9.17, 15) is 37.1 Å². The molecule has 1 fully saturated rings. The van der Waals surface area contributed by atoms with Crippen LogP contribution in [0.1, 0.15) is 82.8 Å². The molecule has 0 amide bonds.